The molecule has 0 aromatic rings. The van der Waals surface area contributed by atoms with E-state index >= 15 is 0 Å². The Balaban J connectivity index is 1.47. The van der Waals surface area contributed by atoms with E-state index in [1.54, 1.807) is 0 Å². The van der Waals surface area contributed by atoms with Gasteiger partial charge >= 0.3 is 5.97 Å². The lowest BCUT2D eigenvalue weighted by Crippen LogP contribution is -2.55. The Morgan fingerprint density at radius 2 is 1.76 bits per heavy atom. The molecule has 4 aliphatic rings. The van der Waals surface area contributed by atoms with Gasteiger partial charge in [-0.15, -0.1) is 0 Å². The van der Waals surface area contributed by atoms with Crippen LogP contribution in [0.4, 0.5) is 0 Å². The molecule has 0 radical (unpaired) electrons. The zero-order valence-corrected chi connectivity index (χ0v) is 19.6. The van der Waals surface area contributed by atoms with Crippen molar-refractivity contribution in [1.82, 2.24) is 5.32 Å². The fraction of sp³-hybridized carbons (Fsp3) is 0.962. The first-order valence-electron chi connectivity index (χ1n) is 12.6. The average Bonchev–Trinajstić information content (AvgIpc) is 3.08. The first kappa shape index (κ1) is 21.7. The first-order chi connectivity index (χ1) is 13.8. The Hall–Kier alpha value is -0.570. The molecule has 4 aliphatic carbocycles. The van der Waals surface area contributed by atoms with Gasteiger partial charge in [-0.1, -0.05) is 20.8 Å². The Morgan fingerprint density at radius 3 is 2.48 bits per heavy atom. The van der Waals surface area contributed by atoms with Crippen molar-refractivity contribution in [3.05, 3.63) is 0 Å². The van der Waals surface area contributed by atoms with Crippen molar-refractivity contribution < 1.29 is 9.53 Å². The molecule has 1 unspecified atom stereocenters. The smallest absolute Gasteiger partial charge is 0.305 e. The number of hydrogen-bond acceptors (Lipinski definition) is 3. The minimum absolute atomic E-state index is 0.0383. The third-order valence-corrected chi connectivity index (χ3v) is 10.9. The Labute approximate surface area is 179 Å². The lowest BCUT2D eigenvalue weighted by molar-refractivity contribution is -0.141. The van der Waals surface area contributed by atoms with E-state index in [1.165, 1.54) is 64.9 Å². The lowest BCUT2D eigenvalue weighted by atomic mass is 9.44. The molecule has 3 heteroatoms. The summed E-state index contributed by atoms with van der Waals surface area (Å²) in [5, 5.41) is 3.58. The van der Waals surface area contributed by atoms with Crippen molar-refractivity contribution in [2.75, 3.05) is 14.2 Å². The predicted molar refractivity (Wildman–Crippen MR) is 118 cm³/mol. The molecule has 0 saturated heterocycles. The van der Waals surface area contributed by atoms with Gasteiger partial charge in [-0.25, -0.2) is 0 Å². The summed E-state index contributed by atoms with van der Waals surface area (Å²) < 4.78 is 4.90. The Kier molecular flexibility index (Phi) is 6.10. The summed E-state index contributed by atoms with van der Waals surface area (Å²) in [7, 11) is 3.67. The van der Waals surface area contributed by atoms with Crippen LogP contribution in [0.3, 0.4) is 0 Å². The molecule has 166 valence electrons. The second kappa shape index (κ2) is 8.17. The number of ether oxygens (including phenoxy) is 1. The average molecular weight is 404 g/mol. The molecular formula is C26H45NO2. The van der Waals surface area contributed by atoms with E-state index in [1.807, 2.05) is 0 Å². The SMILES string of the molecule is CNC1CC[C@@]2(C)[C@H](CC[C@@H]3[C@@H]2CC[C@]2(C)[C@@H]([C@H](C)CCC(=O)OC)CC[C@@H]32)C1. The molecule has 4 fully saturated rings. The van der Waals surface area contributed by atoms with Crippen LogP contribution in [0.5, 0.6) is 0 Å². The van der Waals surface area contributed by atoms with Gasteiger partial charge in [0.1, 0.15) is 0 Å². The molecule has 3 nitrogen and oxygen atoms in total. The molecule has 4 rings (SSSR count). The summed E-state index contributed by atoms with van der Waals surface area (Å²) in [5.74, 6) is 5.17. The van der Waals surface area contributed by atoms with Gasteiger partial charge < -0.3 is 10.1 Å². The standard InChI is InChI=1S/C26H45NO2/c1-17(6-11-24(28)29-5)21-9-10-22-20-8-7-18-16-19(27-4)12-14-25(18,2)23(20)13-15-26(21,22)3/h17-23,27H,6-16H2,1-5H3/t17-,18-,19?,20+,21-,22+,23+,25+,26-/m1/s1. The van der Waals surface area contributed by atoms with E-state index in [4.69, 9.17) is 4.74 Å². The Morgan fingerprint density at radius 1 is 1.03 bits per heavy atom. The molecule has 4 saturated carbocycles. The topological polar surface area (TPSA) is 38.3 Å². The van der Waals surface area contributed by atoms with E-state index in [0.29, 0.717) is 23.2 Å². The normalized spacial score (nSPS) is 47.6. The third-order valence-electron chi connectivity index (χ3n) is 10.9. The second-order valence-corrected chi connectivity index (χ2v) is 11.7. The number of carbonyl (C=O) groups is 1. The summed E-state index contributed by atoms with van der Waals surface area (Å²) in [6, 6.07) is 0.755. The molecule has 9 atom stereocenters. The number of rotatable bonds is 5. The molecule has 0 spiro atoms. The van der Waals surface area contributed by atoms with Crippen LogP contribution in [0.2, 0.25) is 0 Å². The monoisotopic (exact) mass is 403 g/mol. The summed E-state index contributed by atoms with van der Waals surface area (Å²) >= 11 is 0. The highest BCUT2D eigenvalue weighted by Crippen LogP contribution is 2.68. The minimum atomic E-state index is -0.0383. The van der Waals surface area contributed by atoms with Crippen LogP contribution in [0, 0.1) is 46.3 Å². The molecule has 0 aromatic carbocycles. The third kappa shape index (κ3) is 3.58. The fourth-order valence-electron chi connectivity index (χ4n) is 9.14. The molecule has 0 heterocycles. The second-order valence-electron chi connectivity index (χ2n) is 11.7. The van der Waals surface area contributed by atoms with E-state index in [-0.39, 0.29) is 5.97 Å². The van der Waals surface area contributed by atoms with Crippen LogP contribution in [-0.2, 0) is 9.53 Å². The lowest BCUT2D eigenvalue weighted by Gasteiger charge is -2.61. The van der Waals surface area contributed by atoms with Crippen LogP contribution in [0.1, 0.15) is 91.4 Å². The van der Waals surface area contributed by atoms with Crippen LogP contribution >= 0.6 is 0 Å². The van der Waals surface area contributed by atoms with Gasteiger partial charge in [-0.05, 0) is 118 Å². The van der Waals surface area contributed by atoms with Crippen LogP contribution in [0.25, 0.3) is 0 Å². The molecule has 0 aromatic heterocycles. The van der Waals surface area contributed by atoms with Crippen molar-refractivity contribution in [2.24, 2.45) is 46.3 Å². The minimum Gasteiger partial charge on any atom is -0.469 e. The number of methoxy groups -OCH3 is 1. The van der Waals surface area contributed by atoms with E-state index in [9.17, 15) is 4.79 Å². The van der Waals surface area contributed by atoms with Gasteiger partial charge in [0.25, 0.3) is 0 Å². The van der Waals surface area contributed by atoms with Gasteiger partial charge in [-0.3, -0.25) is 4.79 Å². The van der Waals surface area contributed by atoms with Crippen molar-refractivity contribution in [2.45, 2.75) is 97.4 Å². The molecule has 1 N–H and O–H groups in total. The van der Waals surface area contributed by atoms with Crippen LogP contribution in [-0.4, -0.2) is 26.2 Å². The highest BCUT2D eigenvalue weighted by Gasteiger charge is 2.60. The number of nitrogens with one attached hydrogen (secondary N) is 1. The van der Waals surface area contributed by atoms with Crippen molar-refractivity contribution >= 4 is 5.97 Å². The van der Waals surface area contributed by atoms with Crippen molar-refractivity contribution in [3.8, 4) is 0 Å². The summed E-state index contributed by atoms with van der Waals surface area (Å²) in [6.45, 7) is 7.71. The number of carbonyl (C=O) groups excluding carboxylic acids is 1. The van der Waals surface area contributed by atoms with Crippen molar-refractivity contribution in [3.63, 3.8) is 0 Å². The van der Waals surface area contributed by atoms with Crippen LogP contribution in [0.15, 0.2) is 0 Å². The van der Waals surface area contributed by atoms with E-state index in [0.717, 1.165) is 42.1 Å². The quantitative estimate of drug-likeness (QED) is 0.588. The van der Waals surface area contributed by atoms with Gasteiger partial charge in [-0.2, -0.15) is 0 Å². The maximum Gasteiger partial charge on any atom is 0.305 e. The molecule has 0 aliphatic heterocycles. The molecular weight excluding hydrogens is 358 g/mol. The van der Waals surface area contributed by atoms with Gasteiger partial charge in [0, 0.05) is 12.5 Å². The maximum atomic E-state index is 11.7. The molecule has 29 heavy (non-hydrogen) atoms. The summed E-state index contributed by atoms with van der Waals surface area (Å²) in [6.07, 6.45) is 14.4. The van der Waals surface area contributed by atoms with Gasteiger partial charge in [0.2, 0.25) is 0 Å². The zero-order chi connectivity index (χ0) is 20.8. The van der Waals surface area contributed by atoms with E-state index < -0.39 is 0 Å². The maximum absolute atomic E-state index is 11.7. The fourth-order valence-corrected chi connectivity index (χ4v) is 9.14. The first-order valence-corrected chi connectivity index (χ1v) is 12.6. The number of esters is 1. The number of hydrogen-bond donors (Lipinski definition) is 1. The Bertz CT molecular complexity index is 606. The number of fused-ring (bicyclic) bond motifs is 5. The largest absolute Gasteiger partial charge is 0.469 e. The molecule has 0 bridgehead atoms. The van der Waals surface area contributed by atoms with Crippen LogP contribution < -0.4 is 5.32 Å². The summed E-state index contributed by atoms with van der Waals surface area (Å²) in [4.78, 5) is 11.7. The highest BCUT2D eigenvalue weighted by molar-refractivity contribution is 5.69. The zero-order valence-electron chi connectivity index (χ0n) is 19.6. The van der Waals surface area contributed by atoms with Gasteiger partial charge in [0.15, 0.2) is 0 Å². The highest BCUT2D eigenvalue weighted by atomic mass is 16.5. The molecule has 0 amide bonds. The predicted octanol–water partition coefficient (Wildman–Crippen LogP) is 5.82. The van der Waals surface area contributed by atoms with E-state index in [2.05, 4.69) is 33.1 Å². The van der Waals surface area contributed by atoms with Gasteiger partial charge in [0.05, 0.1) is 7.11 Å². The summed E-state index contributed by atoms with van der Waals surface area (Å²) in [5.41, 5.74) is 1.09. The van der Waals surface area contributed by atoms with Crippen molar-refractivity contribution in [1.29, 1.82) is 0 Å².